The van der Waals surface area contributed by atoms with Crippen molar-refractivity contribution in [2.75, 3.05) is 0 Å². The van der Waals surface area contributed by atoms with Gasteiger partial charge in [0.1, 0.15) is 5.60 Å². The molecule has 1 unspecified atom stereocenters. The molecule has 1 atom stereocenters. The molecular formula is C14H15O. The van der Waals surface area contributed by atoms with Crippen LogP contribution >= 0.6 is 0 Å². The lowest BCUT2D eigenvalue weighted by Crippen LogP contribution is -2.17. The molecule has 77 valence electrons. The molecule has 0 saturated heterocycles. The van der Waals surface area contributed by atoms with Crippen molar-refractivity contribution in [2.45, 2.75) is 25.9 Å². The van der Waals surface area contributed by atoms with E-state index in [4.69, 9.17) is 0 Å². The second-order valence-corrected chi connectivity index (χ2v) is 4.11. The Balaban J connectivity index is 2.71. The van der Waals surface area contributed by atoms with Gasteiger partial charge < -0.3 is 0 Å². The van der Waals surface area contributed by atoms with E-state index in [-0.39, 0.29) is 0 Å². The van der Waals surface area contributed by atoms with E-state index in [1.54, 1.807) is 6.92 Å². The molecule has 1 radical (unpaired) electrons. The van der Waals surface area contributed by atoms with Gasteiger partial charge in [0.25, 0.3) is 0 Å². The van der Waals surface area contributed by atoms with Crippen LogP contribution in [0.4, 0.5) is 0 Å². The van der Waals surface area contributed by atoms with E-state index in [2.05, 4.69) is 0 Å². The van der Waals surface area contributed by atoms with E-state index in [1.807, 2.05) is 49.4 Å². The molecule has 1 nitrogen and oxygen atoms in total. The zero-order valence-corrected chi connectivity index (χ0v) is 9.16. The van der Waals surface area contributed by atoms with Crippen molar-refractivity contribution in [1.82, 2.24) is 0 Å². The summed E-state index contributed by atoms with van der Waals surface area (Å²) in [5.74, 6) is 0. The largest absolute Gasteiger partial charge is 0.225 e. The molecule has 0 aliphatic carbocycles. The van der Waals surface area contributed by atoms with Crippen molar-refractivity contribution in [3.05, 3.63) is 48.0 Å². The van der Waals surface area contributed by atoms with Crippen molar-refractivity contribution in [3.63, 3.8) is 0 Å². The molecule has 0 bridgehead atoms. The molecule has 0 N–H and O–H groups in total. The van der Waals surface area contributed by atoms with Crippen molar-refractivity contribution < 1.29 is 5.11 Å². The van der Waals surface area contributed by atoms with Gasteiger partial charge in [-0.05, 0) is 29.7 Å². The molecule has 15 heavy (non-hydrogen) atoms. The summed E-state index contributed by atoms with van der Waals surface area (Å²) >= 11 is 0. The van der Waals surface area contributed by atoms with Crippen LogP contribution in [0.3, 0.4) is 0 Å². The second kappa shape index (κ2) is 3.67. The molecule has 2 aromatic carbocycles. The molecular weight excluding hydrogens is 184 g/mol. The van der Waals surface area contributed by atoms with Gasteiger partial charge in [0.2, 0.25) is 0 Å². The monoisotopic (exact) mass is 199 g/mol. The molecule has 0 fully saturated rings. The summed E-state index contributed by atoms with van der Waals surface area (Å²) in [6, 6.07) is 14.0. The SMILES string of the molecule is CCC(C)([O])c1cccc2ccccc12. The van der Waals surface area contributed by atoms with E-state index in [0.29, 0.717) is 6.42 Å². The maximum atomic E-state index is 12.3. The van der Waals surface area contributed by atoms with Crippen LogP contribution in [-0.2, 0) is 10.7 Å². The lowest BCUT2D eigenvalue weighted by Gasteiger charge is -2.20. The quantitative estimate of drug-likeness (QED) is 0.699. The predicted molar refractivity (Wildman–Crippen MR) is 62.3 cm³/mol. The summed E-state index contributed by atoms with van der Waals surface area (Å²) in [7, 11) is 0. The van der Waals surface area contributed by atoms with Crippen LogP contribution in [0.25, 0.3) is 10.8 Å². The van der Waals surface area contributed by atoms with Gasteiger partial charge in [0.05, 0.1) is 0 Å². The van der Waals surface area contributed by atoms with Crippen molar-refractivity contribution in [2.24, 2.45) is 0 Å². The molecule has 0 aromatic heterocycles. The molecule has 0 saturated carbocycles. The number of rotatable bonds is 2. The van der Waals surface area contributed by atoms with Crippen LogP contribution in [0.1, 0.15) is 25.8 Å². The van der Waals surface area contributed by atoms with Crippen LogP contribution in [0.15, 0.2) is 42.5 Å². The topological polar surface area (TPSA) is 19.9 Å². The third kappa shape index (κ3) is 1.75. The Hall–Kier alpha value is -1.34. The van der Waals surface area contributed by atoms with E-state index < -0.39 is 5.60 Å². The Morgan fingerprint density at radius 1 is 1.07 bits per heavy atom. The molecule has 2 rings (SSSR count). The van der Waals surface area contributed by atoms with Gasteiger partial charge >= 0.3 is 0 Å². The van der Waals surface area contributed by atoms with Crippen molar-refractivity contribution >= 4 is 10.8 Å². The lowest BCUT2D eigenvalue weighted by atomic mass is 9.89. The van der Waals surface area contributed by atoms with E-state index in [0.717, 1.165) is 16.3 Å². The minimum atomic E-state index is -0.985. The van der Waals surface area contributed by atoms with Gasteiger partial charge in [-0.1, -0.05) is 49.4 Å². The average molecular weight is 199 g/mol. The standard InChI is InChI=1S/C14H15O/c1-3-14(2,15)13-10-6-8-11-7-4-5-9-12(11)13/h4-10H,3H2,1-2H3. The van der Waals surface area contributed by atoms with Crippen LogP contribution in [0, 0.1) is 0 Å². The predicted octanol–water partition coefficient (Wildman–Crippen LogP) is 3.90. The molecule has 0 aliphatic rings. The Labute approximate surface area is 90.4 Å². The molecule has 0 amide bonds. The van der Waals surface area contributed by atoms with Gasteiger partial charge in [-0.2, -0.15) is 0 Å². The number of hydrogen-bond acceptors (Lipinski definition) is 0. The summed E-state index contributed by atoms with van der Waals surface area (Å²) in [6.45, 7) is 3.70. The summed E-state index contributed by atoms with van der Waals surface area (Å²) < 4.78 is 0. The minimum Gasteiger partial charge on any atom is -0.225 e. The molecule has 0 spiro atoms. The normalized spacial score (nSPS) is 15.1. The van der Waals surface area contributed by atoms with Gasteiger partial charge in [-0.25, -0.2) is 5.11 Å². The average Bonchev–Trinajstić information content (AvgIpc) is 2.28. The highest BCUT2D eigenvalue weighted by molar-refractivity contribution is 5.86. The fourth-order valence-corrected chi connectivity index (χ4v) is 1.88. The summed E-state index contributed by atoms with van der Waals surface area (Å²) in [6.07, 6.45) is 0.612. The van der Waals surface area contributed by atoms with E-state index in [9.17, 15) is 5.11 Å². The van der Waals surface area contributed by atoms with Crippen molar-refractivity contribution in [1.29, 1.82) is 0 Å². The number of benzene rings is 2. The van der Waals surface area contributed by atoms with E-state index >= 15 is 0 Å². The first-order valence-electron chi connectivity index (χ1n) is 5.34. The first kappa shape index (κ1) is 10.2. The first-order valence-corrected chi connectivity index (χ1v) is 5.34. The molecule has 0 aliphatic heterocycles. The van der Waals surface area contributed by atoms with Crippen LogP contribution in [0.5, 0.6) is 0 Å². The van der Waals surface area contributed by atoms with Gasteiger partial charge in [0, 0.05) is 0 Å². The maximum absolute atomic E-state index is 12.3. The fourth-order valence-electron chi connectivity index (χ4n) is 1.88. The Morgan fingerprint density at radius 3 is 2.47 bits per heavy atom. The van der Waals surface area contributed by atoms with Crippen LogP contribution in [0.2, 0.25) is 0 Å². The summed E-state index contributed by atoms with van der Waals surface area (Å²) in [4.78, 5) is 0. The second-order valence-electron chi connectivity index (χ2n) is 4.11. The Morgan fingerprint density at radius 2 is 1.73 bits per heavy atom. The zero-order chi connectivity index (χ0) is 10.9. The van der Waals surface area contributed by atoms with Gasteiger partial charge in [0.15, 0.2) is 0 Å². The highest BCUT2D eigenvalue weighted by Crippen LogP contribution is 2.31. The van der Waals surface area contributed by atoms with Crippen LogP contribution in [-0.4, -0.2) is 0 Å². The smallest absolute Gasteiger partial charge is 0.126 e. The molecule has 1 heteroatoms. The lowest BCUT2D eigenvalue weighted by molar-refractivity contribution is -0.0200. The van der Waals surface area contributed by atoms with E-state index in [1.165, 1.54) is 0 Å². The summed E-state index contributed by atoms with van der Waals surface area (Å²) in [5, 5.41) is 14.5. The third-order valence-electron chi connectivity index (χ3n) is 3.03. The highest BCUT2D eigenvalue weighted by atomic mass is 16.3. The van der Waals surface area contributed by atoms with Crippen LogP contribution < -0.4 is 0 Å². The zero-order valence-electron chi connectivity index (χ0n) is 9.16. The summed E-state index contributed by atoms with van der Waals surface area (Å²) in [5.41, 5.74) is -0.0796. The molecule has 0 heterocycles. The molecule has 2 aromatic rings. The first-order chi connectivity index (χ1) is 7.15. The fraction of sp³-hybridized carbons (Fsp3) is 0.286. The Bertz CT molecular complexity index is 466. The Kier molecular flexibility index (Phi) is 2.49. The minimum absolute atomic E-state index is 0.612. The van der Waals surface area contributed by atoms with Gasteiger partial charge in [-0.3, -0.25) is 0 Å². The third-order valence-corrected chi connectivity index (χ3v) is 3.03. The number of fused-ring (bicyclic) bond motifs is 1. The maximum Gasteiger partial charge on any atom is 0.126 e. The van der Waals surface area contributed by atoms with Crippen molar-refractivity contribution in [3.8, 4) is 0 Å². The highest BCUT2D eigenvalue weighted by Gasteiger charge is 2.24. The number of hydrogen-bond donors (Lipinski definition) is 0. The van der Waals surface area contributed by atoms with Gasteiger partial charge in [-0.15, -0.1) is 0 Å².